The van der Waals surface area contributed by atoms with E-state index in [0.29, 0.717) is 21.3 Å². The monoisotopic (exact) mass is 310 g/mol. The number of aryl methyl sites for hydroxylation is 1. The molecule has 7 heteroatoms. The summed E-state index contributed by atoms with van der Waals surface area (Å²) < 4.78 is 3.99. The first-order chi connectivity index (χ1) is 9.41. The highest BCUT2D eigenvalue weighted by Gasteiger charge is 2.24. The van der Waals surface area contributed by atoms with Gasteiger partial charge in [0.05, 0.1) is 5.69 Å². The van der Waals surface area contributed by atoms with Crippen molar-refractivity contribution in [1.82, 2.24) is 4.37 Å². The minimum Gasteiger partial charge on any atom is -0.478 e. The van der Waals surface area contributed by atoms with E-state index in [9.17, 15) is 14.7 Å². The number of carboxylic acids is 1. The van der Waals surface area contributed by atoms with Gasteiger partial charge in [0.15, 0.2) is 0 Å². The molecule has 1 N–H and O–H groups in total. The van der Waals surface area contributed by atoms with Gasteiger partial charge in [-0.2, -0.15) is 4.37 Å². The molecule has 1 heterocycles. The third-order valence-electron chi connectivity index (χ3n) is 2.74. The second kappa shape index (κ2) is 5.60. The van der Waals surface area contributed by atoms with Gasteiger partial charge in [-0.15, -0.1) is 0 Å². The highest BCUT2D eigenvalue weighted by atomic mass is 35.5. The molecule has 0 unspecified atom stereocenters. The largest absolute Gasteiger partial charge is 0.478 e. The fraction of sp³-hybridized carbons (Fsp3) is 0.154. The molecule has 0 atom stereocenters. The summed E-state index contributed by atoms with van der Waals surface area (Å²) in [6, 6.07) is 6.49. The number of aromatic nitrogens is 1. The fourth-order valence-electron chi connectivity index (χ4n) is 1.74. The van der Waals surface area contributed by atoms with Gasteiger partial charge < -0.3 is 10.0 Å². The number of carbonyl (C=O) groups is 2. The Morgan fingerprint density at radius 1 is 1.40 bits per heavy atom. The lowest BCUT2D eigenvalue weighted by Crippen LogP contribution is -2.26. The van der Waals surface area contributed by atoms with E-state index < -0.39 is 5.97 Å². The van der Waals surface area contributed by atoms with E-state index in [-0.39, 0.29) is 11.5 Å². The normalized spacial score (nSPS) is 10.3. The number of aromatic carboxylic acids is 1. The number of amides is 1. The van der Waals surface area contributed by atoms with Crippen molar-refractivity contribution in [2.45, 2.75) is 6.92 Å². The van der Waals surface area contributed by atoms with Crippen LogP contribution in [0.15, 0.2) is 24.3 Å². The first kappa shape index (κ1) is 14.5. The number of halogens is 1. The maximum Gasteiger partial charge on any atom is 0.340 e. The number of carboxylic acid groups (broad SMARTS) is 1. The van der Waals surface area contributed by atoms with Crippen LogP contribution in [0.5, 0.6) is 0 Å². The molecule has 1 aromatic carbocycles. The first-order valence-electron chi connectivity index (χ1n) is 5.65. The predicted molar refractivity (Wildman–Crippen MR) is 78.0 cm³/mol. The molecule has 0 aliphatic rings. The molecule has 1 aromatic heterocycles. The lowest BCUT2D eigenvalue weighted by Gasteiger charge is -2.16. The summed E-state index contributed by atoms with van der Waals surface area (Å²) in [5.74, 6) is -1.43. The second-order valence-corrected chi connectivity index (χ2v) is 5.32. The Hall–Kier alpha value is -1.92. The summed E-state index contributed by atoms with van der Waals surface area (Å²) in [4.78, 5) is 24.8. The molecule has 0 saturated heterocycles. The number of anilines is 1. The van der Waals surface area contributed by atoms with Crippen LogP contribution in [-0.4, -0.2) is 28.4 Å². The average molecular weight is 311 g/mol. The fourth-order valence-corrected chi connectivity index (χ4v) is 2.78. The summed E-state index contributed by atoms with van der Waals surface area (Å²) in [5.41, 5.74) is 0.832. The van der Waals surface area contributed by atoms with E-state index >= 15 is 0 Å². The minimum absolute atomic E-state index is 0.0490. The van der Waals surface area contributed by atoms with Gasteiger partial charge in [0.2, 0.25) is 0 Å². The van der Waals surface area contributed by atoms with Crippen LogP contribution in [0.4, 0.5) is 5.00 Å². The van der Waals surface area contributed by atoms with Gasteiger partial charge in [-0.05, 0) is 36.7 Å². The van der Waals surface area contributed by atoms with E-state index in [4.69, 9.17) is 11.6 Å². The molecule has 0 saturated carbocycles. The maximum absolute atomic E-state index is 12.3. The van der Waals surface area contributed by atoms with Crippen molar-refractivity contribution in [2.75, 3.05) is 11.9 Å². The SMILES string of the molecule is Cc1nsc(N(C)C(=O)c2cccc(Cl)c2)c1C(=O)O. The Balaban J connectivity index is 2.39. The van der Waals surface area contributed by atoms with Gasteiger partial charge in [0.25, 0.3) is 5.91 Å². The van der Waals surface area contributed by atoms with Crippen LogP contribution in [0.3, 0.4) is 0 Å². The molecular formula is C13H11ClN2O3S. The van der Waals surface area contributed by atoms with Crippen LogP contribution >= 0.6 is 23.1 Å². The molecule has 1 amide bonds. The van der Waals surface area contributed by atoms with Gasteiger partial charge in [0, 0.05) is 17.6 Å². The van der Waals surface area contributed by atoms with E-state index in [0.717, 1.165) is 11.5 Å². The molecule has 0 bridgehead atoms. The second-order valence-electron chi connectivity index (χ2n) is 4.13. The van der Waals surface area contributed by atoms with Crippen molar-refractivity contribution in [3.8, 4) is 0 Å². The minimum atomic E-state index is -1.10. The zero-order chi connectivity index (χ0) is 14.9. The van der Waals surface area contributed by atoms with Gasteiger partial charge in [0.1, 0.15) is 10.6 Å². The molecule has 0 aliphatic heterocycles. The van der Waals surface area contributed by atoms with Crippen molar-refractivity contribution in [1.29, 1.82) is 0 Å². The summed E-state index contributed by atoms with van der Waals surface area (Å²) in [6.45, 7) is 1.60. The van der Waals surface area contributed by atoms with Gasteiger partial charge in [-0.25, -0.2) is 4.79 Å². The Morgan fingerprint density at radius 2 is 2.10 bits per heavy atom. The number of hydrogen-bond acceptors (Lipinski definition) is 4. The molecule has 5 nitrogen and oxygen atoms in total. The lowest BCUT2D eigenvalue weighted by atomic mass is 10.2. The van der Waals surface area contributed by atoms with E-state index in [1.807, 2.05) is 0 Å². The topological polar surface area (TPSA) is 70.5 Å². The Morgan fingerprint density at radius 3 is 2.70 bits per heavy atom. The number of nitrogens with zero attached hydrogens (tertiary/aromatic N) is 2. The van der Waals surface area contributed by atoms with Crippen molar-refractivity contribution in [2.24, 2.45) is 0 Å². The van der Waals surface area contributed by atoms with Crippen LogP contribution in [0.2, 0.25) is 5.02 Å². The van der Waals surface area contributed by atoms with E-state index in [2.05, 4.69) is 4.37 Å². The highest BCUT2D eigenvalue weighted by molar-refractivity contribution is 7.11. The molecule has 0 aliphatic carbocycles. The molecular weight excluding hydrogens is 300 g/mol. The molecule has 0 radical (unpaired) electrons. The highest BCUT2D eigenvalue weighted by Crippen LogP contribution is 2.29. The number of benzene rings is 1. The van der Waals surface area contributed by atoms with E-state index in [1.54, 1.807) is 25.1 Å². The molecule has 20 heavy (non-hydrogen) atoms. The molecule has 0 fully saturated rings. The number of hydrogen-bond donors (Lipinski definition) is 1. The average Bonchev–Trinajstić information content (AvgIpc) is 2.79. The predicted octanol–water partition coefficient (Wildman–Crippen LogP) is 3.08. The maximum atomic E-state index is 12.3. The molecule has 2 aromatic rings. The standard InChI is InChI=1S/C13H11ClN2O3S/c1-7-10(13(18)19)12(20-15-7)16(2)11(17)8-4-3-5-9(14)6-8/h3-6H,1-2H3,(H,18,19). The van der Waals surface area contributed by atoms with Gasteiger partial charge in [-0.1, -0.05) is 17.7 Å². The molecule has 2 rings (SSSR count). The van der Waals surface area contributed by atoms with Crippen LogP contribution in [0.1, 0.15) is 26.4 Å². The zero-order valence-electron chi connectivity index (χ0n) is 10.8. The van der Waals surface area contributed by atoms with Crippen molar-refractivity contribution in [3.63, 3.8) is 0 Å². The summed E-state index contributed by atoms with van der Waals surface area (Å²) >= 11 is 6.83. The Bertz CT molecular complexity index is 684. The third-order valence-corrected chi connectivity index (χ3v) is 3.99. The van der Waals surface area contributed by atoms with E-state index in [1.165, 1.54) is 18.0 Å². The quantitative estimate of drug-likeness (QED) is 0.945. The summed E-state index contributed by atoms with van der Waals surface area (Å²) in [7, 11) is 1.52. The van der Waals surface area contributed by atoms with Gasteiger partial charge >= 0.3 is 5.97 Å². The molecule has 0 spiro atoms. The summed E-state index contributed by atoms with van der Waals surface area (Å²) in [5, 5.41) is 9.94. The van der Waals surface area contributed by atoms with Crippen molar-refractivity contribution >= 4 is 40.0 Å². The van der Waals surface area contributed by atoms with Crippen LogP contribution in [0, 0.1) is 6.92 Å². The van der Waals surface area contributed by atoms with Crippen LogP contribution in [-0.2, 0) is 0 Å². The van der Waals surface area contributed by atoms with Gasteiger partial charge in [-0.3, -0.25) is 4.79 Å². The number of rotatable bonds is 3. The zero-order valence-corrected chi connectivity index (χ0v) is 12.3. The first-order valence-corrected chi connectivity index (χ1v) is 6.80. The smallest absolute Gasteiger partial charge is 0.340 e. The van der Waals surface area contributed by atoms with Crippen molar-refractivity contribution in [3.05, 3.63) is 46.1 Å². The third kappa shape index (κ3) is 2.66. The Kier molecular flexibility index (Phi) is 4.06. The molecule has 104 valence electrons. The van der Waals surface area contributed by atoms with Crippen LogP contribution < -0.4 is 4.90 Å². The summed E-state index contributed by atoms with van der Waals surface area (Å²) in [6.07, 6.45) is 0. The van der Waals surface area contributed by atoms with Crippen LogP contribution in [0.25, 0.3) is 0 Å². The number of carbonyl (C=O) groups excluding carboxylic acids is 1. The van der Waals surface area contributed by atoms with Crippen molar-refractivity contribution < 1.29 is 14.7 Å². The lowest BCUT2D eigenvalue weighted by molar-refractivity contribution is 0.0697. The Labute approximate surface area is 124 Å².